The van der Waals surface area contributed by atoms with E-state index in [0.717, 1.165) is 55.9 Å². The molecule has 2 heterocycles. The number of hydrogen-bond acceptors (Lipinski definition) is 9. The van der Waals surface area contributed by atoms with E-state index in [1.165, 1.54) is 0 Å². The molecule has 0 radical (unpaired) electrons. The highest BCUT2D eigenvalue weighted by molar-refractivity contribution is 5.80. The first kappa shape index (κ1) is 22.7. The highest BCUT2D eigenvalue weighted by atomic mass is 16.5. The molecule has 9 nitrogen and oxygen atoms in total. The minimum absolute atomic E-state index is 0.0917. The monoisotopic (exact) mass is 447 g/mol. The fraction of sp³-hybridized carbons (Fsp3) is 0.458. The van der Waals surface area contributed by atoms with Crippen molar-refractivity contribution >= 4 is 35.8 Å². The number of ether oxygens (including phenoxy) is 2. The van der Waals surface area contributed by atoms with E-state index in [0.29, 0.717) is 36.5 Å². The molecule has 0 atom stereocenters. The second-order valence-electron chi connectivity index (χ2n) is 8.11. The van der Waals surface area contributed by atoms with Gasteiger partial charge in [0.1, 0.15) is 23.3 Å². The molecule has 2 fully saturated rings. The van der Waals surface area contributed by atoms with Crippen LogP contribution in [0.2, 0.25) is 0 Å². The lowest BCUT2D eigenvalue weighted by Crippen LogP contribution is -2.36. The van der Waals surface area contributed by atoms with Crippen molar-refractivity contribution in [1.82, 2.24) is 10.2 Å². The van der Waals surface area contributed by atoms with E-state index in [-0.39, 0.29) is 6.10 Å². The lowest BCUT2D eigenvalue weighted by Gasteiger charge is -2.32. The largest absolute Gasteiger partial charge is 0.488 e. The van der Waals surface area contributed by atoms with Crippen LogP contribution < -0.4 is 15.0 Å². The molecule has 1 aliphatic heterocycles. The van der Waals surface area contributed by atoms with Gasteiger partial charge in [-0.2, -0.15) is 5.26 Å². The maximum atomic E-state index is 8.86. The highest BCUT2D eigenvalue weighted by Crippen LogP contribution is 2.43. The summed E-state index contributed by atoms with van der Waals surface area (Å²) in [4.78, 5) is 11.1. The molecule has 2 aliphatic rings. The first-order valence-corrected chi connectivity index (χ1v) is 11.3. The van der Waals surface area contributed by atoms with Gasteiger partial charge in [0, 0.05) is 37.1 Å². The topological polar surface area (TPSA) is 108 Å². The molecule has 1 N–H and O–H groups in total. The third-order valence-electron chi connectivity index (χ3n) is 5.94. The number of benzene rings is 1. The molecule has 2 aromatic rings. The molecule has 0 unspecified atom stereocenters. The van der Waals surface area contributed by atoms with Crippen molar-refractivity contribution in [2.24, 2.45) is 9.98 Å². The summed E-state index contributed by atoms with van der Waals surface area (Å²) in [6.45, 7) is 8.75. The molecule has 1 saturated heterocycles. The molecule has 0 amide bonds. The molecule has 1 saturated carbocycles. The number of rotatable bonds is 7. The van der Waals surface area contributed by atoms with E-state index in [1.54, 1.807) is 18.3 Å². The fourth-order valence-corrected chi connectivity index (χ4v) is 4.25. The molecule has 1 aromatic heterocycles. The van der Waals surface area contributed by atoms with Crippen LogP contribution >= 0.6 is 0 Å². The second-order valence-corrected chi connectivity index (χ2v) is 8.11. The summed E-state index contributed by atoms with van der Waals surface area (Å²) in [6, 6.07) is 9.85. The first-order valence-electron chi connectivity index (χ1n) is 11.3. The molecule has 1 aliphatic carbocycles. The number of nitrogens with zero attached hydrogens (tertiary/aromatic N) is 6. The molecule has 0 spiro atoms. The van der Waals surface area contributed by atoms with Gasteiger partial charge < -0.3 is 19.7 Å². The van der Waals surface area contributed by atoms with Gasteiger partial charge in [0.05, 0.1) is 25.0 Å². The summed E-state index contributed by atoms with van der Waals surface area (Å²) >= 11 is 0. The number of hydrogen-bond donors (Lipinski definition) is 1. The van der Waals surface area contributed by atoms with E-state index in [4.69, 9.17) is 14.7 Å². The predicted octanol–water partition coefficient (Wildman–Crippen LogP) is 4.04. The van der Waals surface area contributed by atoms with Gasteiger partial charge >= 0.3 is 0 Å². The summed E-state index contributed by atoms with van der Waals surface area (Å²) in [5.74, 6) is 1.42. The SMILES string of the molecule is C=Nc1c(N=CC)cc(N2CCOCC2)cc1OC1CCC(Nc2ccc(C#N)nn2)CC1. The zero-order valence-corrected chi connectivity index (χ0v) is 18.9. The van der Waals surface area contributed by atoms with Crippen LogP contribution in [0.5, 0.6) is 5.75 Å². The standard InChI is InChI=1S/C24H29N7O2/c1-3-27-21-14-19(31-10-12-32-13-11-31)15-22(24(21)26-2)33-20-7-4-17(5-8-20)28-23-9-6-18(16-25)29-30-23/h3,6,9,14-15,17,20H,2,4-5,7-8,10-13H2,1H3,(H,28,30). The van der Waals surface area contributed by atoms with Crippen LogP contribution in [-0.2, 0) is 4.74 Å². The summed E-state index contributed by atoms with van der Waals surface area (Å²) in [7, 11) is 0. The van der Waals surface area contributed by atoms with Gasteiger partial charge in [0.2, 0.25) is 0 Å². The average molecular weight is 448 g/mol. The van der Waals surface area contributed by atoms with Gasteiger partial charge in [0.15, 0.2) is 5.69 Å². The zero-order valence-electron chi connectivity index (χ0n) is 18.9. The minimum atomic E-state index is 0.0917. The third-order valence-corrected chi connectivity index (χ3v) is 5.94. The molecule has 33 heavy (non-hydrogen) atoms. The first-order chi connectivity index (χ1) is 16.2. The maximum absolute atomic E-state index is 8.86. The van der Waals surface area contributed by atoms with Crippen molar-refractivity contribution in [1.29, 1.82) is 5.26 Å². The van der Waals surface area contributed by atoms with E-state index in [9.17, 15) is 0 Å². The number of nitrogens with one attached hydrogen (secondary N) is 1. The number of morpholine rings is 1. The van der Waals surface area contributed by atoms with Gasteiger partial charge in [-0.3, -0.25) is 9.98 Å². The van der Waals surface area contributed by atoms with Crippen LogP contribution in [0.25, 0.3) is 0 Å². The highest BCUT2D eigenvalue weighted by Gasteiger charge is 2.25. The minimum Gasteiger partial charge on any atom is -0.488 e. The van der Waals surface area contributed by atoms with Gasteiger partial charge in [-0.05, 0) is 57.5 Å². The summed E-state index contributed by atoms with van der Waals surface area (Å²) in [6.07, 6.45) is 5.57. The lowest BCUT2D eigenvalue weighted by atomic mass is 9.93. The van der Waals surface area contributed by atoms with Gasteiger partial charge in [-0.1, -0.05) is 0 Å². The Bertz CT molecular complexity index is 1020. The van der Waals surface area contributed by atoms with Crippen LogP contribution in [0, 0.1) is 11.3 Å². The Kier molecular flexibility index (Phi) is 7.47. The Hall–Kier alpha value is -3.51. The Morgan fingerprint density at radius 3 is 2.64 bits per heavy atom. The van der Waals surface area contributed by atoms with Crippen molar-refractivity contribution in [2.45, 2.75) is 44.8 Å². The molecule has 172 valence electrons. The average Bonchev–Trinajstić information content (AvgIpc) is 2.86. The Balaban J connectivity index is 1.44. The van der Waals surface area contributed by atoms with Crippen LogP contribution in [0.1, 0.15) is 38.3 Å². The number of nitriles is 1. The second kappa shape index (κ2) is 10.9. The smallest absolute Gasteiger partial charge is 0.163 e. The fourth-order valence-electron chi connectivity index (χ4n) is 4.25. The molecular weight excluding hydrogens is 418 g/mol. The van der Waals surface area contributed by atoms with Crippen molar-refractivity contribution in [2.75, 3.05) is 36.5 Å². The van der Waals surface area contributed by atoms with Gasteiger partial charge in [0.25, 0.3) is 0 Å². The Morgan fingerprint density at radius 1 is 1.21 bits per heavy atom. The zero-order chi connectivity index (χ0) is 23.0. The normalized spacial score (nSPS) is 20.9. The Labute approximate surface area is 194 Å². The van der Waals surface area contributed by atoms with Gasteiger partial charge in [-0.25, -0.2) is 0 Å². The van der Waals surface area contributed by atoms with Crippen molar-refractivity contribution in [3.05, 3.63) is 30.0 Å². The van der Waals surface area contributed by atoms with E-state index in [1.807, 2.05) is 19.1 Å². The van der Waals surface area contributed by atoms with Crippen LogP contribution in [0.3, 0.4) is 0 Å². The third kappa shape index (κ3) is 5.65. The quantitative estimate of drug-likeness (QED) is 0.638. The summed E-state index contributed by atoms with van der Waals surface area (Å²) in [5, 5.41) is 20.2. The lowest BCUT2D eigenvalue weighted by molar-refractivity contribution is 0.122. The van der Waals surface area contributed by atoms with Crippen LogP contribution in [-0.4, -0.2) is 61.6 Å². The Morgan fingerprint density at radius 2 is 2.00 bits per heavy atom. The maximum Gasteiger partial charge on any atom is 0.163 e. The van der Waals surface area contributed by atoms with E-state index in [2.05, 4.69) is 43.2 Å². The molecule has 4 rings (SSSR count). The van der Waals surface area contributed by atoms with Crippen molar-refractivity contribution in [3.63, 3.8) is 0 Å². The summed E-state index contributed by atoms with van der Waals surface area (Å²) < 4.78 is 12.0. The molecular formula is C24H29N7O2. The van der Waals surface area contributed by atoms with Crippen LogP contribution in [0.4, 0.5) is 22.9 Å². The van der Waals surface area contributed by atoms with Gasteiger partial charge in [-0.15, -0.1) is 10.2 Å². The number of anilines is 2. The molecule has 1 aromatic carbocycles. The predicted molar refractivity (Wildman–Crippen MR) is 130 cm³/mol. The van der Waals surface area contributed by atoms with E-state index < -0.39 is 0 Å². The summed E-state index contributed by atoms with van der Waals surface area (Å²) in [5.41, 5.74) is 2.82. The van der Waals surface area contributed by atoms with Crippen molar-refractivity contribution < 1.29 is 9.47 Å². The van der Waals surface area contributed by atoms with Crippen molar-refractivity contribution in [3.8, 4) is 11.8 Å². The molecule has 9 heteroatoms. The molecule has 0 bridgehead atoms. The van der Waals surface area contributed by atoms with Crippen LogP contribution in [0.15, 0.2) is 34.3 Å². The van der Waals surface area contributed by atoms with E-state index >= 15 is 0 Å². The number of aromatic nitrogens is 2. The number of aliphatic imine (C=N–C) groups is 2.